The second kappa shape index (κ2) is 6.36. The monoisotopic (exact) mass is 372 g/mol. The van der Waals surface area contributed by atoms with Crippen LogP contribution in [-0.2, 0) is 0 Å². The Morgan fingerprint density at radius 2 is 1.71 bits per heavy atom. The van der Waals surface area contributed by atoms with E-state index >= 15 is 0 Å². The van der Waals surface area contributed by atoms with Crippen molar-refractivity contribution in [3.63, 3.8) is 0 Å². The van der Waals surface area contributed by atoms with Crippen LogP contribution in [0.4, 0.5) is 11.6 Å². The van der Waals surface area contributed by atoms with Gasteiger partial charge in [-0.25, -0.2) is 15.0 Å². The molecule has 24 heavy (non-hydrogen) atoms. The number of thiazole rings is 1. The lowest BCUT2D eigenvalue weighted by atomic mass is 10.2. The number of rotatable bonds is 3. The lowest BCUT2D eigenvalue weighted by Crippen LogP contribution is -1.94. The molecule has 0 aliphatic rings. The molecule has 4 rings (SSSR count). The van der Waals surface area contributed by atoms with Gasteiger partial charge in [-0.15, -0.1) is 11.3 Å². The Kier molecular flexibility index (Phi) is 4.06. The fourth-order valence-electron chi connectivity index (χ4n) is 2.31. The van der Waals surface area contributed by atoms with Crippen molar-refractivity contribution < 1.29 is 0 Å². The van der Waals surface area contributed by atoms with Gasteiger partial charge in [-0.2, -0.15) is 0 Å². The van der Waals surface area contributed by atoms with E-state index in [4.69, 9.17) is 23.2 Å². The molecule has 0 saturated heterocycles. The maximum Gasteiger partial charge on any atom is 0.151 e. The zero-order valence-electron chi connectivity index (χ0n) is 12.2. The highest BCUT2D eigenvalue weighted by Crippen LogP contribution is 2.40. The third-order valence-electron chi connectivity index (χ3n) is 3.39. The smallest absolute Gasteiger partial charge is 0.151 e. The van der Waals surface area contributed by atoms with Gasteiger partial charge in [-0.3, -0.25) is 0 Å². The SMILES string of the molecule is Clc1cccc(Cl)c1-c1nc2ccnc(Nc3ccccn3)c2s1. The summed E-state index contributed by atoms with van der Waals surface area (Å²) in [5, 5.41) is 5.14. The summed E-state index contributed by atoms with van der Waals surface area (Å²) in [6, 6.07) is 13.0. The summed E-state index contributed by atoms with van der Waals surface area (Å²) < 4.78 is 0.925. The lowest BCUT2D eigenvalue weighted by molar-refractivity contribution is 1.27. The van der Waals surface area contributed by atoms with Crippen LogP contribution in [0.15, 0.2) is 54.9 Å². The van der Waals surface area contributed by atoms with E-state index in [0.29, 0.717) is 15.9 Å². The fraction of sp³-hybridized carbons (Fsp3) is 0. The minimum Gasteiger partial charge on any atom is -0.324 e. The van der Waals surface area contributed by atoms with E-state index < -0.39 is 0 Å². The second-order valence-corrected chi connectivity index (χ2v) is 6.78. The number of hydrogen-bond acceptors (Lipinski definition) is 5. The van der Waals surface area contributed by atoms with Crippen molar-refractivity contribution in [1.29, 1.82) is 0 Å². The van der Waals surface area contributed by atoms with Gasteiger partial charge >= 0.3 is 0 Å². The predicted octanol–water partition coefficient (Wildman–Crippen LogP) is 5.80. The molecule has 3 heterocycles. The summed E-state index contributed by atoms with van der Waals surface area (Å²) in [5.41, 5.74) is 1.57. The number of pyridine rings is 2. The van der Waals surface area contributed by atoms with Gasteiger partial charge < -0.3 is 5.32 Å². The third-order valence-corrected chi connectivity index (χ3v) is 5.12. The van der Waals surface area contributed by atoms with Gasteiger partial charge in [0.2, 0.25) is 0 Å². The average molecular weight is 373 g/mol. The molecule has 0 spiro atoms. The van der Waals surface area contributed by atoms with E-state index in [1.54, 1.807) is 24.5 Å². The highest BCUT2D eigenvalue weighted by Gasteiger charge is 2.15. The van der Waals surface area contributed by atoms with Gasteiger partial charge in [0.15, 0.2) is 5.82 Å². The Balaban J connectivity index is 1.83. The van der Waals surface area contributed by atoms with E-state index in [0.717, 1.165) is 26.6 Å². The molecule has 0 unspecified atom stereocenters. The normalized spacial score (nSPS) is 10.9. The Bertz CT molecular complexity index is 997. The first-order valence-corrected chi connectivity index (χ1v) is 8.67. The first-order valence-electron chi connectivity index (χ1n) is 7.10. The van der Waals surface area contributed by atoms with Crippen molar-refractivity contribution in [2.75, 3.05) is 5.32 Å². The molecule has 0 atom stereocenters. The summed E-state index contributed by atoms with van der Waals surface area (Å²) in [7, 11) is 0. The van der Waals surface area contributed by atoms with Crippen molar-refractivity contribution in [3.8, 4) is 10.6 Å². The van der Waals surface area contributed by atoms with Crippen LogP contribution < -0.4 is 5.32 Å². The zero-order chi connectivity index (χ0) is 16.5. The standard InChI is InChI=1S/C17H10Cl2N4S/c18-10-4-3-5-11(19)14(10)17-22-12-7-9-21-16(15(12)24-17)23-13-6-1-2-8-20-13/h1-9H,(H,20,21,23). The van der Waals surface area contributed by atoms with Crippen LogP contribution in [0.25, 0.3) is 20.8 Å². The third kappa shape index (κ3) is 2.82. The van der Waals surface area contributed by atoms with Crippen LogP contribution in [0.1, 0.15) is 0 Å². The Morgan fingerprint density at radius 3 is 2.46 bits per heavy atom. The molecular formula is C17H10Cl2N4S. The van der Waals surface area contributed by atoms with Crippen molar-refractivity contribution in [1.82, 2.24) is 15.0 Å². The molecule has 118 valence electrons. The minimum atomic E-state index is 0.578. The highest BCUT2D eigenvalue weighted by molar-refractivity contribution is 7.22. The van der Waals surface area contributed by atoms with Crippen molar-refractivity contribution >= 4 is 56.4 Å². The molecule has 4 aromatic rings. The predicted molar refractivity (Wildman–Crippen MR) is 100 cm³/mol. The summed E-state index contributed by atoms with van der Waals surface area (Å²) in [5.74, 6) is 1.43. The molecule has 7 heteroatoms. The number of benzene rings is 1. The second-order valence-electron chi connectivity index (χ2n) is 4.96. The van der Waals surface area contributed by atoms with Gasteiger partial charge in [0, 0.05) is 18.0 Å². The number of hydrogen-bond donors (Lipinski definition) is 1. The van der Waals surface area contributed by atoms with Crippen molar-refractivity contribution in [2.24, 2.45) is 0 Å². The molecule has 1 N–H and O–H groups in total. The molecule has 0 bridgehead atoms. The molecule has 0 radical (unpaired) electrons. The zero-order valence-corrected chi connectivity index (χ0v) is 14.5. The van der Waals surface area contributed by atoms with Gasteiger partial charge in [0.05, 0.1) is 20.3 Å². The van der Waals surface area contributed by atoms with Crippen LogP contribution in [-0.4, -0.2) is 15.0 Å². The van der Waals surface area contributed by atoms with Crippen LogP contribution >= 0.6 is 34.5 Å². The number of halogens is 2. The van der Waals surface area contributed by atoms with Crippen LogP contribution in [0.5, 0.6) is 0 Å². The Morgan fingerprint density at radius 1 is 0.875 bits per heavy atom. The topological polar surface area (TPSA) is 50.7 Å². The van der Waals surface area contributed by atoms with Gasteiger partial charge in [0.1, 0.15) is 10.8 Å². The first kappa shape index (κ1) is 15.3. The molecule has 1 aromatic carbocycles. The Hall–Kier alpha value is -2.21. The molecular weight excluding hydrogens is 363 g/mol. The van der Waals surface area contributed by atoms with E-state index in [-0.39, 0.29) is 0 Å². The molecule has 0 aliphatic heterocycles. The largest absolute Gasteiger partial charge is 0.324 e. The number of anilines is 2. The number of aromatic nitrogens is 3. The molecule has 3 aromatic heterocycles. The minimum absolute atomic E-state index is 0.578. The van der Waals surface area contributed by atoms with Crippen molar-refractivity contribution in [2.45, 2.75) is 0 Å². The summed E-state index contributed by atoms with van der Waals surface area (Å²) >= 11 is 14.1. The summed E-state index contributed by atoms with van der Waals surface area (Å²) in [4.78, 5) is 13.3. The molecule has 0 saturated carbocycles. The molecule has 4 nitrogen and oxygen atoms in total. The molecule has 0 fully saturated rings. The average Bonchev–Trinajstić information content (AvgIpc) is 3.00. The maximum absolute atomic E-state index is 6.30. The van der Waals surface area contributed by atoms with Gasteiger partial charge in [0.25, 0.3) is 0 Å². The van der Waals surface area contributed by atoms with E-state index in [1.165, 1.54) is 11.3 Å². The maximum atomic E-state index is 6.30. The quantitative estimate of drug-likeness (QED) is 0.493. The van der Waals surface area contributed by atoms with Crippen LogP contribution in [0.2, 0.25) is 10.0 Å². The van der Waals surface area contributed by atoms with Gasteiger partial charge in [-0.1, -0.05) is 35.3 Å². The van der Waals surface area contributed by atoms with E-state index in [1.807, 2.05) is 30.3 Å². The summed E-state index contributed by atoms with van der Waals surface area (Å²) in [6.07, 6.45) is 3.44. The first-order chi connectivity index (χ1) is 11.7. The van der Waals surface area contributed by atoms with E-state index in [9.17, 15) is 0 Å². The van der Waals surface area contributed by atoms with E-state index in [2.05, 4.69) is 20.3 Å². The molecule has 0 aliphatic carbocycles. The number of nitrogens with zero attached hydrogens (tertiary/aromatic N) is 3. The lowest BCUT2D eigenvalue weighted by Gasteiger charge is -2.04. The van der Waals surface area contributed by atoms with Crippen LogP contribution in [0.3, 0.4) is 0 Å². The Labute approximate surface area is 152 Å². The molecule has 0 amide bonds. The van der Waals surface area contributed by atoms with Crippen LogP contribution in [0, 0.1) is 0 Å². The van der Waals surface area contributed by atoms with Gasteiger partial charge in [-0.05, 0) is 30.3 Å². The fourth-order valence-corrected chi connectivity index (χ4v) is 4.08. The highest BCUT2D eigenvalue weighted by atomic mass is 35.5. The van der Waals surface area contributed by atoms with Crippen molar-refractivity contribution in [3.05, 3.63) is 64.9 Å². The summed E-state index contributed by atoms with van der Waals surface area (Å²) in [6.45, 7) is 0. The number of nitrogens with one attached hydrogen (secondary N) is 1. The number of fused-ring (bicyclic) bond motifs is 1.